The largest absolute Gasteiger partial charge is 0.286 e. The third-order valence-corrected chi connectivity index (χ3v) is 6.04. The van der Waals surface area contributed by atoms with Crippen molar-refractivity contribution in [1.29, 1.82) is 0 Å². The molecule has 33 heavy (non-hydrogen) atoms. The first-order valence-corrected chi connectivity index (χ1v) is 11.4. The molecule has 2 aromatic carbocycles. The van der Waals surface area contributed by atoms with Crippen LogP contribution in [0.5, 0.6) is 0 Å². The fraction of sp³-hybridized carbons (Fsp3) is 0. The third-order valence-electron chi connectivity index (χ3n) is 4.87. The second kappa shape index (κ2) is 7.89. The van der Waals surface area contributed by atoms with Crippen LogP contribution < -0.4 is 10.7 Å². The predicted octanol–water partition coefficient (Wildman–Crippen LogP) is 2.33. The Hall–Kier alpha value is -3.93. The minimum absolute atomic E-state index is 0.0782. The van der Waals surface area contributed by atoms with Crippen molar-refractivity contribution in [2.75, 3.05) is 0 Å². The third kappa shape index (κ3) is 3.78. The Kier molecular flexibility index (Phi) is 5.01. The number of hydrogen-bond acceptors (Lipinski definition) is 7. The zero-order chi connectivity index (χ0) is 23.2. The Labute approximate surface area is 192 Å². The average Bonchev–Trinajstić information content (AvgIpc) is 3.24. The highest BCUT2D eigenvalue weighted by Gasteiger charge is 2.20. The predicted molar refractivity (Wildman–Crippen MR) is 122 cm³/mol. The molecular weight excluding hydrogens is 466 g/mol. The fourth-order valence-corrected chi connectivity index (χ4v) is 4.05. The van der Waals surface area contributed by atoms with Gasteiger partial charge in [-0.3, -0.25) is 18.9 Å². The number of benzene rings is 2. The summed E-state index contributed by atoms with van der Waals surface area (Å²) in [4.78, 5) is 30.8. The van der Waals surface area contributed by atoms with Crippen LogP contribution in [0.25, 0.3) is 34.1 Å². The van der Waals surface area contributed by atoms with E-state index in [0.29, 0.717) is 22.1 Å². The van der Waals surface area contributed by atoms with Gasteiger partial charge in [0.05, 0.1) is 16.8 Å². The number of primary sulfonamides is 1. The average molecular weight is 480 g/mol. The van der Waals surface area contributed by atoms with Crippen LogP contribution in [0.4, 0.5) is 0 Å². The maximum absolute atomic E-state index is 13.5. The Bertz CT molecular complexity index is 1660. The van der Waals surface area contributed by atoms with Gasteiger partial charge in [0, 0.05) is 23.1 Å². The summed E-state index contributed by atoms with van der Waals surface area (Å²) in [5.41, 5.74) is 1.16. The second-order valence-corrected chi connectivity index (χ2v) is 8.97. The molecule has 0 amide bonds. The van der Waals surface area contributed by atoms with Crippen LogP contribution in [0, 0.1) is 0 Å². The van der Waals surface area contributed by atoms with Crippen molar-refractivity contribution in [2.24, 2.45) is 5.14 Å². The maximum atomic E-state index is 13.5. The van der Waals surface area contributed by atoms with Crippen molar-refractivity contribution in [1.82, 2.24) is 29.1 Å². The summed E-state index contributed by atoms with van der Waals surface area (Å²) in [6.45, 7) is 0. The number of imidazole rings is 1. The van der Waals surface area contributed by atoms with Gasteiger partial charge >= 0.3 is 0 Å². The molecule has 0 spiro atoms. The molecule has 0 aliphatic carbocycles. The van der Waals surface area contributed by atoms with Crippen LogP contribution in [0.2, 0.25) is 5.02 Å². The van der Waals surface area contributed by atoms with Crippen molar-refractivity contribution in [2.45, 2.75) is 4.90 Å². The van der Waals surface area contributed by atoms with Gasteiger partial charge in [-0.1, -0.05) is 17.7 Å². The number of fused-ring (bicyclic) bond motifs is 1. The molecule has 3 heterocycles. The van der Waals surface area contributed by atoms with Crippen molar-refractivity contribution >= 4 is 32.8 Å². The number of hydrogen-bond donors (Lipinski definition) is 1. The molecule has 0 saturated carbocycles. The summed E-state index contributed by atoms with van der Waals surface area (Å²) < 4.78 is 26.5. The number of sulfonamides is 1. The lowest BCUT2D eigenvalue weighted by molar-refractivity contribution is 0.597. The fourth-order valence-electron chi connectivity index (χ4n) is 3.37. The standard InChI is InChI=1S/C21H14ClN7O3S/c22-13-4-6-14(7-5-13)29-19(17-11-24-8-9-25-17)27-20-18(21(29)30)26-12-28(20)15-2-1-3-16(10-15)33(23,31)32/h1-12H,(H2,23,31,32). The lowest BCUT2D eigenvalue weighted by Crippen LogP contribution is -2.22. The summed E-state index contributed by atoms with van der Waals surface area (Å²) in [6, 6.07) is 12.6. The van der Waals surface area contributed by atoms with E-state index in [0.717, 1.165) is 0 Å². The topological polar surface area (TPSA) is 139 Å². The molecule has 0 unspecified atom stereocenters. The molecule has 0 radical (unpaired) electrons. The Balaban J connectivity index is 1.82. The van der Waals surface area contributed by atoms with Gasteiger partial charge in [-0.2, -0.15) is 0 Å². The van der Waals surface area contributed by atoms with E-state index in [9.17, 15) is 13.2 Å². The lowest BCUT2D eigenvalue weighted by Gasteiger charge is -2.13. The van der Waals surface area contributed by atoms with E-state index in [1.165, 1.54) is 46.2 Å². The van der Waals surface area contributed by atoms with Crippen LogP contribution in [-0.4, -0.2) is 37.5 Å². The summed E-state index contributed by atoms with van der Waals surface area (Å²) in [7, 11) is -3.92. The van der Waals surface area contributed by atoms with Gasteiger partial charge in [-0.15, -0.1) is 0 Å². The molecule has 0 saturated heterocycles. The molecule has 5 rings (SSSR count). The van der Waals surface area contributed by atoms with Gasteiger partial charge in [0.2, 0.25) is 10.0 Å². The zero-order valence-corrected chi connectivity index (χ0v) is 18.3. The molecule has 0 bridgehead atoms. The molecule has 0 aliphatic heterocycles. The highest BCUT2D eigenvalue weighted by Crippen LogP contribution is 2.23. The molecule has 0 fully saturated rings. The van der Waals surface area contributed by atoms with Gasteiger partial charge < -0.3 is 0 Å². The van der Waals surface area contributed by atoms with Crippen LogP contribution in [0.1, 0.15) is 0 Å². The summed E-state index contributed by atoms with van der Waals surface area (Å²) in [5, 5.41) is 5.78. The summed E-state index contributed by atoms with van der Waals surface area (Å²) in [5.74, 6) is 0.229. The Morgan fingerprint density at radius 2 is 1.76 bits per heavy atom. The minimum Gasteiger partial charge on any atom is -0.283 e. The first-order valence-electron chi connectivity index (χ1n) is 9.48. The number of nitrogens with zero attached hydrogens (tertiary/aromatic N) is 6. The van der Waals surface area contributed by atoms with Crippen molar-refractivity contribution in [3.05, 3.63) is 88.8 Å². The molecule has 164 valence electrons. The van der Waals surface area contributed by atoms with Crippen LogP contribution in [0.3, 0.4) is 0 Å². The Morgan fingerprint density at radius 3 is 2.45 bits per heavy atom. The van der Waals surface area contributed by atoms with Gasteiger partial charge in [0.1, 0.15) is 12.0 Å². The van der Waals surface area contributed by atoms with Gasteiger partial charge in [-0.25, -0.2) is 28.5 Å². The van der Waals surface area contributed by atoms with Crippen molar-refractivity contribution in [3.63, 3.8) is 0 Å². The molecular formula is C21H14ClN7O3S. The number of nitrogens with two attached hydrogens (primary N) is 1. The van der Waals surface area contributed by atoms with E-state index in [-0.39, 0.29) is 21.9 Å². The molecule has 0 atom stereocenters. The second-order valence-electron chi connectivity index (χ2n) is 6.97. The normalized spacial score (nSPS) is 11.7. The number of halogens is 1. The quantitative estimate of drug-likeness (QED) is 0.417. The molecule has 2 N–H and O–H groups in total. The van der Waals surface area contributed by atoms with Gasteiger partial charge in [0.15, 0.2) is 17.0 Å². The van der Waals surface area contributed by atoms with Crippen LogP contribution in [0.15, 0.2) is 83.1 Å². The van der Waals surface area contributed by atoms with E-state index in [1.807, 2.05) is 0 Å². The molecule has 0 aliphatic rings. The van der Waals surface area contributed by atoms with Gasteiger partial charge in [0.25, 0.3) is 5.56 Å². The van der Waals surface area contributed by atoms with E-state index >= 15 is 0 Å². The minimum atomic E-state index is -3.92. The summed E-state index contributed by atoms with van der Waals surface area (Å²) in [6.07, 6.45) is 5.89. The van der Waals surface area contributed by atoms with E-state index in [4.69, 9.17) is 16.7 Å². The zero-order valence-electron chi connectivity index (χ0n) is 16.7. The smallest absolute Gasteiger partial charge is 0.283 e. The highest BCUT2D eigenvalue weighted by atomic mass is 35.5. The number of rotatable bonds is 4. The van der Waals surface area contributed by atoms with E-state index < -0.39 is 15.6 Å². The lowest BCUT2D eigenvalue weighted by atomic mass is 10.3. The molecule has 3 aromatic heterocycles. The van der Waals surface area contributed by atoms with Gasteiger partial charge in [-0.05, 0) is 42.5 Å². The van der Waals surface area contributed by atoms with Crippen molar-refractivity contribution in [3.8, 4) is 22.9 Å². The SMILES string of the molecule is NS(=O)(=O)c1cccc(-n2cnc3c(=O)n(-c4ccc(Cl)cc4)c(-c4cnccn4)nc32)c1. The number of aromatic nitrogens is 6. The maximum Gasteiger partial charge on any atom is 0.286 e. The van der Waals surface area contributed by atoms with E-state index in [1.54, 1.807) is 36.4 Å². The first-order chi connectivity index (χ1) is 15.8. The highest BCUT2D eigenvalue weighted by molar-refractivity contribution is 7.89. The molecule has 5 aromatic rings. The Morgan fingerprint density at radius 1 is 0.970 bits per heavy atom. The van der Waals surface area contributed by atoms with Crippen molar-refractivity contribution < 1.29 is 8.42 Å². The first kappa shape index (κ1) is 20.9. The summed E-state index contributed by atoms with van der Waals surface area (Å²) >= 11 is 6.01. The molecule has 12 heteroatoms. The van der Waals surface area contributed by atoms with Crippen LogP contribution in [-0.2, 0) is 10.0 Å². The van der Waals surface area contributed by atoms with E-state index in [2.05, 4.69) is 19.9 Å². The monoisotopic (exact) mass is 479 g/mol. The van der Waals surface area contributed by atoms with Crippen LogP contribution >= 0.6 is 11.6 Å². The molecule has 10 nitrogen and oxygen atoms in total.